The molecule has 0 heterocycles. The van der Waals surface area contributed by atoms with Crippen molar-refractivity contribution in [2.24, 2.45) is 5.73 Å². The van der Waals surface area contributed by atoms with Crippen LogP contribution in [-0.4, -0.2) is 43.1 Å². The maximum Gasteiger partial charge on any atom is 0.252 e. The maximum atomic E-state index is 11.6. The molecule has 1 fully saturated rings. The summed E-state index contributed by atoms with van der Waals surface area (Å²) in [7, 11) is 0. The van der Waals surface area contributed by atoms with Gasteiger partial charge >= 0.3 is 0 Å². The van der Waals surface area contributed by atoms with Crippen LogP contribution in [0, 0.1) is 0 Å². The molecule has 1 atom stereocenters. The molecule has 2 N–H and O–H groups in total. The molecule has 132 valence electrons. The van der Waals surface area contributed by atoms with Crippen LogP contribution in [0.2, 0.25) is 0 Å². The van der Waals surface area contributed by atoms with Gasteiger partial charge in [0.25, 0.3) is 5.91 Å². The number of carbonyl (C=O) groups is 2. The van der Waals surface area contributed by atoms with E-state index in [0.29, 0.717) is 37.2 Å². The van der Waals surface area contributed by atoms with Crippen molar-refractivity contribution in [2.45, 2.75) is 45.2 Å². The Bertz CT molecular complexity index is 572. The van der Waals surface area contributed by atoms with Gasteiger partial charge in [-0.05, 0) is 44.4 Å². The lowest BCUT2D eigenvalue weighted by Crippen LogP contribution is -2.27. The van der Waals surface area contributed by atoms with Crippen molar-refractivity contribution in [3.05, 3.63) is 29.3 Å². The van der Waals surface area contributed by atoms with Gasteiger partial charge in [-0.2, -0.15) is 0 Å². The van der Waals surface area contributed by atoms with E-state index in [1.54, 1.807) is 6.07 Å². The van der Waals surface area contributed by atoms with Gasteiger partial charge in [-0.25, -0.2) is 0 Å². The summed E-state index contributed by atoms with van der Waals surface area (Å²) in [6, 6.07) is 5.56. The monoisotopic (exact) mass is 334 g/mol. The zero-order chi connectivity index (χ0) is 17.5. The first-order valence-electron chi connectivity index (χ1n) is 8.45. The first-order chi connectivity index (χ1) is 11.6. The standard InChI is InChI=1S/C18H26N2O4/c1-3-23-9-4-10-24-17-11-14(5-8-16(17)18(19)22)13(2)20(12-21)15-6-7-15/h5,8,11-13,15H,3-4,6-7,9-10H2,1-2H3,(H2,19,22). The van der Waals surface area contributed by atoms with Crippen LogP contribution in [0.25, 0.3) is 0 Å². The summed E-state index contributed by atoms with van der Waals surface area (Å²) < 4.78 is 11.0. The third kappa shape index (κ3) is 4.71. The highest BCUT2D eigenvalue weighted by Gasteiger charge is 2.32. The summed E-state index contributed by atoms with van der Waals surface area (Å²) >= 11 is 0. The molecule has 0 spiro atoms. The lowest BCUT2D eigenvalue weighted by atomic mass is 10.0. The molecule has 1 aromatic carbocycles. The zero-order valence-electron chi connectivity index (χ0n) is 14.4. The van der Waals surface area contributed by atoms with E-state index in [1.165, 1.54) is 0 Å². The van der Waals surface area contributed by atoms with Crippen molar-refractivity contribution in [2.75, 3.05) is 19.8 Å². The smallest absolute Gasteiger partial charge is 0.252 e. The molecule has 0 saturated heterocycles. The van der Waals surface area contributed by atoms with Gasteiger partial charge in [-0.3, -0.25) is 9.59 Å². The minimum atomic E-state index is -0.525. The number of benzene rings is 1. The highest BCUT2D eigenvalue weighted by atomic mass is 16.5. The second kappa shape index (κ2) is 8.68. The van der Waals surface area contributed by atoms with Crippen molar-refractivity contribution >= 4 is 12.3 Å². The van der Waals surface area contributed by atoms with E-state index in [9.17, 15) is 9.59 Å². The van der Waals surface area contributed by atoms with Crippen LogP contribution in [0.15, 0.2) is 18.2 Å². The second-order valence-corrected chi connectivity index (χ2v) is 5.98. The van der Waals surface area contributed by atoms with Crippen LogP contribution in [0.4, 0.5) is 0 Å². The third-order valence-electron chi connectivity index (χ3n) is 4.19. The second-order valence-electron chi connectivity index (χ2n) is 5.98. The van der Waals surface area contributed by atoms with Crippen LogP contribution in [0.1, 0.15) is 55.1 Å². The predicted octanol–water partition coefficient (Wildman–Crippen LogP) is 2.27. The fourth-order valence-corrected chi connectivity index (χ4v) is 2.65. The van der Waals surface area contributed by atoms with Crippen molar-refractivity contribution in [1.82, 2.24) is 4.90 Å². The van der Waals surface area contributed by atoms with Crippen molar-refractivity contribution in [1.29, 1.82) is 0 Å². The Balaban J connectivity index is 2.10. The van der Waals surface area contributed by atoms with E-state index in [-0.39, 0.29) is 6.04 Å². The summed E-state index contributed by atoms with van der Waals surface area (Å²) in [6.45, 7) is 5.64. The number of hydrogen-bond acceptors (Lipinski definition) is 4. The highest BCUT2D eigenvalue weighted by molar-refractivity contribution is 5.95. The van der Waals surface area contributed by atoms with Crippen LogP contribution < -0.4 is 10.5 Å². The van der Waals surface area contributed by atoms with E-state index in [0.717, 1.165) is 31.2 Å². The summed E-state index contributed by atoms with van der Waals surface area (Å²) in [5.74, 6) is -0.0616. The van der Waals surface area contributed by atoms with E-state index < -0.39 is 5.91 Å². The average molecular weight is 334 g/mol. The highest BCUT2D eigenvalue weighted by Crippen LogP contribution is 2.34. The molecule has 6 heteroatoms. The molecule has 6 nitrogen and oxygen atoms in total. The minimum Gasteiger partial charge on any atom is -0.493 e. The molecule has 1 aromatic rings. The zero-order valence-corrected chi connectivity index (χ0v) is 14.4. The Morgan fingerprint density at radius 2 is 2.17 bits per heavy atom. The molecule has 24 heavy (non-hydrogen) atoms. The number of ether oxygens (including phenoxy) is 2. The molecular formula is C18H26N2O4. The Morgan fingerprint density at radius 1 is 1.42 bits per heavy atom. The summed E-state index contributed by atoms with van der Waals surface area (Å²) in [4.78, 5) is 24.8. The number of primary amides is 1. The van der Waals surface area contributed by atoms with Gasteiger partial charge in [0.1, 0.15) is 5.75 Å². The van der Waals surface area contributed by atoms with E-state index in [1.807, 2.05) is 30.9 Å². The van der Waals surface area contributed by atoms with Gasteiger partial charge in [0, 0.05) is 25.7 Å². The molecule has 0 bridgehead atoms. The number of nitrogens with two attached hydrogens (primary N) is 1. The molecule has 1 aliphatic carbocycles. The summed E-state index contributed by atoms with van der Waals surface area (Å²) in [5, 5.41) is 0. The Kier molecular flexibility index (Phi) is 6.61. The van der Waals surface area contributed by atoms with Gasteiger partial charge in [-0.15, -0.1) is 0 Å². The molecule has 1 saturated carbocycles. The lowest BCUT2D eigenvalue weighted by molar-refractivity contribution is -0.120. The SMILES string of the molecule is CCOCCCOc1cc(C(C)N(C=O)C2CC2)ccc1C(N)=O. The number of nitrogens with zero attached hydrogens (tertiary/aromatic N) is 1. The lowest BCUT2D eigenvalue weighted by Gasteiger charge is -2.26. The largest absolute Gasteiger partial charge is 0.493 e. The molecule has 0 radical (unpaired) electrons. The number of rotatable bonds is 11. The Morgan fingerprint density at radius 3 is 2.75 bits per heavy atom. The Hall–Kier alpha value is -2.08. The summed E-state index contributed by atoms with van der Waals surface area (Å²) in [5.41, 5.74) is 6.71. The van der Waals surface area contributed by atoms with E-state index in [4.69, 9.17) is 15.2 Å². The normalized spacial score (nSPS) is 14.9. The first-order valence-corrected chi connectivity index (χ1v) is 8.45. The van der Waals surface area contributed by atoms with Gasteiger partial charge in [0.05, 0.1) is 18.2 Å². The number of hydrogen-bond donors (Lipinski definition) is 1. The molecule has 0 aliphatic heterocycles. The van der Waals surface area contributed by atoms with Gasteiger partial charge in [0.15, 0.2) is 0 Å². The van der Waals surface area contributed by atoms with Crippen LogP contribution >= 0.6 is 0 Å². The Labute approximate surface area is 142 Å². The van der Waals surface area contributed by atoms with Crippen molar-refractivity contribution in [3.63, 3.8) is 0 Å². The molecular weight excluding hydrogens is 308 g/mol. The van der Waals surface area contributed by atoms with E-state index >= 15 is 0 Å². The maximum absolute atomic E-state index is 11.6. The topological polar surface area (TPSA) is 81.9 Å². The van der Waals surface area contributed by atoms with Crippen LogP contribution in [0.3, 0.4) is 0 Å². The minimum absolute atomic E-state index is 0.0669. The van der Waals surface area contributed by atoms with Gasteiger partial charge in [0.2, 0.25) is 6.41 Å². The first kappa shape index (κ1) is 18.3. The van der Waals surface area contributed by atoms with E-state index in [2.05, 4.69) is 0 Å². The summed E-state index contributed by atoms with van der Waals surface area (Å²) in [6.07, 6.45) is 3.72. The quantitative estimate of drug-likeness (QED) is 0.497. The molecule has 2 amide bonds. The average Bonchev–Trinajstić information content (AvgIpc) is 3.40. The molecule has 2 rings (SSSR count). The predicted molar refractivity (Wildman–Crippen MR) is 90.9 cm³/mol. The molecule has 1 unspecified atom stereocenters. The van der Waals surface area contributed by atoms with Crippen molar-refractivity contribution in [3.8, 4) is 5.75 Å². The fourth-order valence-electron chi connectivity index (χ4n) is 2.65. The molecule has 1 aliphatic rings. The fraction of sp³-hybridized carbons (Fsp3) is 0.556. The van der Waals surface area contributed by atoms with Crippen molar-refractivity contribution < 1.29 is 19.1 Å². The van der Waals surface area contributed by atoms with Crippen LogP contribution in [0.5, 0.6) is 5.75 Å². The number of carbonyl (C=O) groups excluding carboxylic acids is 2. The third-order valence-corrected chi connectivity index (χ3v) is 4.19. The van der Waals surface area contributed by atoms with Gasteiger partial charge < -0.3 is 20.1 Å². The number of amides is 2. The molecule has 0 aromatic heterocycles. The van der Waals surface area contributed by atoms with Crippen LogP contribution in [-0.2, 0) is 9.53 Å². The van der Waals surface area contributed by atoms with Gasteiger partial charge in [-0.1, -0.05) is 6.07 Å².